The number of nitrogens with one attached hydrogen (secondary N) is 1. The number of unbranched alkanes of at least 4 members (excludes halogenated alkanes) is 2. The summed E-state index contributed by atoms with van der Waals surface area (Å²) in [5.41, 5.74) is 10.4. The summed E-state index contributed by atoms with van der Waals surface area (Å²) in [6.07, 6.45) is 6.97. The van der Waals surface area contributed by atoms with Crippen LogP contribution in [-0.2, 0) is 11.2 Å². The van der Waals surface area contributed by atoms with Gasteiger partial charge in [-0.1, -0.05) is 30.7 Å². The van der Waals surface area contributed by atoms with Gasteiger partial charge in [-0.3, -0.25) is 4.79 Å². The Hall–Kier alpha value is -1.68. The van der Waals surface area contributed by atoms with Crippen molar-refractivity contribution in [1.29, 1.82) is 0 Å². The summed E-state index contributed by atoms with van der Waals surface area (Å²) in [5.74, 6) is -0.109. The average molecular weight is 259 g/mol. The molecule has 3 N–H and O–H groups in total. The SMILES string of the molecule is NCCCCCc1ccc(C2CC=NNC2=O)cc1. The minimum Gasteiger partial charge on any atom is -0.330 e. The van der Waals surface area contributed by atoms with Gasteiger partial charge < -0.3 is 5.73 Å². The van der Waals surface area contributed by atoms with Crippen LogP contribution < -0.4 is 11.2 Å². The average Bonchev–Trinajstić information content (AvgIpc) is 2.45. The van der Waals surface area contributed by atoms with Gasteiger partial charge in [0.05, 0.1) is 5.92 Å². The Morgan fingerprint density at radius 2 is 2.00 bits per heavy atom. The molecule has 0 aliphatic carbocycles. The van der Waals surface area contributed by atoms with Crippen molar-refractivity contribution in [3.63, 3.8) is 0 Å². The van der Waals surface area contributed by atoms with E-state index in [2.05, 4.69) is 34.8 Å². The molecular weight excluding hydrogens is 238 g/mol. The first-order chi connectivity index (χ1) is 9.31. The third kappa shape index (κ3) is 3.89. The predicted molar refractivity (Wildman–Crippen MR) is 77.0 cm³/mol. The van der Waals surface area contributed by atoms with E-state index >= 15 is 0 Å². The molecule has 1 aliphatic rings. The lowest BCUT2D eigenvalue weighted by Gasteiger charge is -2.17. The number of hydrazone groups is 1. The molecule has 2 rings (SSSR count). The van der Waals surface area contributed by atoms with Crippen molar-refractivity contribution in [2.45, 2.75) is 38.0 Å². The molecule has 1 amide bonds. The van der Waals surface area contributed by atoms with Crippen molar-refractivity contribution in [2.75, 3.05) is 6.54 Å². The normalized spacial score (nSPS) is 18.4. The number of carbonyl (C=O) groups is 1. The Labute approximate surface area is 114 Å². The van der Waals surface area contributed by atoms with E-state index in [1.54, 1.807) is 6.21 Å². The number of hydrogen-bond acceptors (Lipinski definition) is 3. The highest BCUT2D eigenvalue weighted by Crippen LogP contribution is 2.21. The highest BCUT2D eigenvalue weighted by atomic mass is 16.2. The van der Waals surface area contributed by atoms with Crippen LogP contribution in [0.25, 0.3) is 0 Å². The van der Waals surface area contributed by atoms with Crippen molar-refractivity contribution < 1.29 is 4.79 Å². The first-order valence-corrected chi connectivity index (χ1v) is 6.91. The number of nitrogens with zero attached hydrogens (tertiary/aromatic N) is 1. The molecule has 4 heteroatoms. The van der Waals surface area contributed by atoms with E-state index in [1.807, 2.05) is 0 Å². The molecule has 1 heterocycles. The highest BCUT2D eigenvalue weighted by molar-refractivity contribution is 5.89. The van der Waals surface area contributed by atoms with E-state index in [0.29, 0.717) is 6.42 Å². The Balaban J connectivity index is 1.90. The number of nitrogens with two attached hydrogens (primary N) is 1. The number of benzene rings is 1. The van der Waals surface area contributed by atoms with Crippen molar-refractivity contribution in [1.82, 2.24) is 5.43 Å². The van der Waals surface area contributed by atoms with E-state index in [9.17, 15) is 4.79 Å². The van der Waals surface area contributed by atoms with E-state index in [0.717, 1.165) is 24.9 Å². The maximum atomic E-state index is 11.7. The molecule has 1 aliphatic heterocycles. The molecule has 0 spiro atoms. The third-order valence-corrected chi connectivity index (χ3v) is 3.48. The molecule has 0 saturated heterocycles. The molecule has 1 aromatic carbocycles. The van der Waals surface area contributed by atoms with E-state index in [-0.39, 0.29) is 11.8 Å². The largest absolute Gasteiger partial charge is 0.330 e. The third-order valence-electron chi connectivity index (χ3n) is 3.48. The van der Waals surface area contributed by atoms with Crippen LogP contribution in [0.15, 0.2) is 29.4 Å². The summed E-state index contributed by atoms with van der Waals surface area (Å²) in [6, 6.07) is 8.36. The quantitative estimate of drug-likeness (QED) is 0.767. The number of amides is 1. The Morgan fingerprint density at radius 1 is 1.21 bits per heavy atom. The minimum atomic E-state index is -0.0937. The summed E-state index contributed by atoms with van der Waals surface area (Å²) in [5, 5.41) is 3.77. The Bertz CT molecular complexity index is 439. The van der Waals surface area contributed by atoms with Crippen molar-refractivity contribution in [2.24, 2.45) is 10.8 Å². The van der Waals surface area contributed by atoms with Gasteiger partial charge in [-0.25, -0.2) is 5.43 Å². The van der Waals surface area contributed by atoms with E-state index < -0.39 is 0 Å². The number of carbonyl (C=O) groups excluding carboxylic acids is 1. The first-order valence-electron chi connectivity index (χ1n) is 6.91. The van der Waals surface area contributed by atoms with Gasteiger partial charge in [0.2, 0.25) is 5.91 Å². The Kier molecular flexibility index (Phi) is 5.10. The molecule has 102 valence electrons. The van der Waals surface area contributed by atoms with Gasteiger partial charge in [-0.2, -0.15) is 5.10 Å². The van der Waals surface area contributed by atoms with Crippen molar-refractivity contribution in [3.05, 3.63) is 35.4 Å². The molecule has 19 heavy (non-hydrogen) atoms. The second kappa shape index (κ2) is 7.04. The smallest absolute Gasteiger partial charge is 0.247 e. The van der Waals surface area contributed by atoms with Crippen LogP contribution >= 0.6 is 0 Å². The lowest BCUT2D eigenvalue weighted by Crippen LogP contribution is -2.29. The van der Waals surface area contributed by atoms with E-state index in [1.165, 1.54) is 18.4 Å². The highest BCUT2D eigenvalue weighted by Gasteiger charge is 2.21. The molecule has 4 nitrogen and oxygen atoms in total. The van der Waals surface area contributed by atoms with Crippen LogP contribution in [0, 0.1) is 0 Å². The van der Waals surface area contributed by atoms with Gasteiger partial charge in [-0.15, -0.1) is 0 Å². The van der Waals surface area contributed by atoms with Gasteiger partial charge in [0, 0.05) is 12.6 Å². The molecule has 0 radical (unpaired) electrons. The number of hydrogen-bond donors (Lipinski definition) is 2. The lowest BCUT2D eigenvalue weighted by molar-refractivity contribution is -0.122. The monoisotopic (exact) mass is 259 g/mol. The zero-order chi connectivity index (χ0) is 13.5. The summed E-state index contributed by atoms with van der Waals surface area (Å²) < 4.78 is 0. The molecule has 0 bridgehead atoms. The van der Waals surface area contributed by atoms with Crippen LogP contribution in [0.5, 0.6) is 0 Å². The van der Waals surface area contributed by atoms with Crippen LogP contribution in [0.4, 0.5) is 0 Å². The zero-order valence-electron chi connectivity index (χ0n) is 11.1. The van der Waals surface area contributed by atoms with Crippen molar-refractivity contribution >= 4 is 12.1 Å². The molecule has 0 saturated carbocycles. The summed E-state index contributed by atoms with van der Waals surface area (Å²) in [6.45, 7) is 0.775. The molecule has 0 fully saturated rings. The maximum Gasteiger partial charge on any atom is 0.247 e. The van der Waals surface area contributed by atoms with Crippen LogP contribution in [0.3, 0.4) is 0 Å². The summed E-state index contributed by atoms with van der Waals surface area (Å²) in [4.78, 5) is 11.7. The second-order valence-electron chi connectivity index (χ2n) is 4.92. The first kappa shape index (κ1) is 13.7. The van der Waals surface area contributed by atoms with Crippen LogP contribution in [-0.4, -0.2) is 18.7 Å². The molecule has 1 atom stereocenters. The van der Waals surface area contributed by atoms with Gasteiger partial charge in [0.25, 0.3) is 0 Å². The fourth-order valence-electron chi connectivity index (χ4n) is 2.31. The number of rotatable bonds is 6. The fraction of sp³-hybridized carbons (Fsp3) is 0.467. The predicted octanol–water partition coefficient (Wildman–Crippen LogP) is 1.95. The van der Waals surface area contributed by atoms with Crippen LogP contribution in [0.2, 0.25) is 0 Å². The standard InChI is InChI=1S/C15H21N3O/c16-10-3-1-2-4-12-5-7-13(8-6-12)14-9-11-17-18-15(14)19/h5-8,11,14H,1-4,9-10,16H2,(H,18,19). The number of aryl methyl sites for hydroxylation is 1. The van der Waals surface area contributed by atoms with E-state index in [4.69, 9.17) is 5.73 Å². The summed E-state index contributed by atoms with van der Waals surface area (Å²) >= 11 is 0. The van der Waals surface area contributed by atoms with Crippen LogP contribution in [0.1, 0.15) is 42.7 Å². The van der Waals surface area contributed by atoms with Crippen molar-refractivity contribution in [3.8, 4) is 0 Å². The van der Waals surface area contributed by atoms with Gasteiger partial charge >= 0.3 is 0 Å². The van der Waals surface area contributed by atoms with Gasteiger partial charge in [0.15, 0.2) is 0 Å². The fourth-order valence-corrected chi connectivity index (χ4v) is 2.31. The maximum absolute atomic E-state index is 11.7. The minimum absolute atomic E-state index is 0.0156. The molecule has 1 unspecified atom stereocenters. The topological polar surface area (TPSA) is 67.5 Å². The molecule has 1 aromatic rings. The Morgan fingerprint density at radius 3 is 2.68 bits per heavy atom. The lowest BCUT2D eigenvalue weighted by atomic mass is 9.93. The summed E-state index contributed by atoms with van der Waals surface area (Å²) in [7, 11) is 0. The second-order valence-corrected chi connectivity index (χ2v) is 4.92. The zero-order valence-corrected chi connectivity index (χ0v) is 11.1. The van der Waals surface area contributed by atoms with Gasteiger partial charge in [0.1, 0.15) is 0 Å². The molecular formula is C15H21N3O. The molecule has 0 aromatic heterocycles. The van der Waals surface area contributed by atoms with Gasteiger partial charge in [-0.05, 0) is 36.9 Å².